The van der Waals surface area contributed by atoms with Crippen molar-refractivity contribution in [3.05, 3.63) is 71.1 Å². The van der Waals surface area contributed by atoms with E-state index in [0.29, 0.717) is 21.1 Å². The van der Waals surface area contributed by atoms with Crippen molar-refractivity contribution in [3.8, 4) is 5.75 Å². The highest BCUT2D eigenvalue weighted by atomic mass is 32.2. The van der Waals surface area contributed by atoms with E-state index in [0.717, 1.165) is 0 Å². The lowest BCUT2D eigenvalue weighted by Gasteiger charge is -2.10. The molecule has 166 valence electrons. The van der Waals surface area contributed by atoms with Gasteiger partial charge in [-0.25, -0.2) is 13.7 Å². The van der Waals surface area contributed by atoms with Gasteiger partial charge in [-0.05, 0) is 54.3 Å². The molecular formula is C20H19F3N2O4S2. The molecule has 1 atom stereocenters. The normalized spacial score (nSPS) is 13.0. The van der Waals surface area contributed by atoms with Crippen molar-refractivity contribution in [2.75, 3.05) is 13.1 Å². The number of aliphatic imine (C=N–C) groups is 1. The van der Waals surface area contributed by atoms with Gasteiger partial charge in [-0.1, -0.05) is 24.4 Å². The van der Waals surface area contributed by atoms with Crippen LogP contribution in [0.3, 0.4) is 0 Å². The Labute approximate surface area is 183 Å². The zero-order valence-corrected chi connectivity index (χ0v) is 17.9. The van der Waals surface area contributed by atoms with Gasteiger partial charge in [0.1, 0.15) is 21.8 Å². The van der Waals surface area contributed by atoms with Crippen LogP contribution >= 0.6 is 11.8 Å². The minimum Gasteiger partial charge on any atom is -0.478 e. The van der Waals surface area contributed by atoms with E-state index in [-0.39, 0.29) is 24.4 Å². The van der Waals surface area contributed by atoms with Crippen LogP contribution in [0.4, 0.5) is 13.2 Å². The highest BCUT2D eigenvalue weighted by molar-refractivity contribution is 8.16. The third-order valence-electron chi connectivity index (χ3n) is 3.78. The first-order valence-electron chi connectivity index (χ1n) is 8.78. The smallest absolute Gasteiger partial charge is 0.478 e. The fourth-order valence-electron chi connectivity index (χ4n) is 2.40. The largest absolute Gasteiger partial charge is 0.573 e. The van der Waals surface area contributed by atoms with Crippen LogP contribution in [0.15, 0.2) is 64.3 Å². The summed E-state index contributed by atoms with van der Waals surface area (Å²) >= 11 is 1.19. The molecule has 0 radical (unpaired) electrons. The number of rotatable bonds is 9. The van der Waals surface area contributed by atoms with E-state index in [2.05, 4.69) is 21.0 Å². The van der Waals surface area contributed by atoms with E-state index in [1.807, 2.05) is 0 Å². The van der Waals surface area contributed by atoms with Crippen LogP contribution in [-0.4, -0.2) is 39.8 Å². The monoisotopic (exact) mass is 472 g/mol. The van der Waals surface area contributed by atoms with E-state index in [4.69, 9.17) is 5.11 Å². The summed E-state index contributed by atoms with van der Waals surface area (Å²) in [7, 11) is -1.63. The Morgan fingerprint density at radius 2 is 1.97 bits per heavy atom. The first kappa shape index (κ1) is 24.6. The van der Waals surface area contributed by atoms with E-state index in [1.165, 1.54) is 47.5 Å². The number of ether oxygens (including phenoxy) is 1. The molecule has 0 bridgehead atoms. The average molecular weight is 473 g/mol. The molecule has 11 heteroatoms. The van der Waals surface area contributed by atoms with Gasteiger partial charge < -0.3 is 9.84 Å². The molecule has 2 aromatic rings. The van der Waals surface area contributed by atoms with Crippen molar-refractivity contribution in [1.29, 1.82) is 0 Å². The fraction of sp³-hybridized carbons (Fsp3) is 0.200. The number of nitrogens with zero attached hydrogens (tertiary/aromatic N) is 1. The number of thioether (sulfide) groups is 1. The summed E-state index contributed by atoms with van der Waals surface area (Å²) in [6.45, 7) is 5.71. The number of carbonyl (C=O) groups is 1. The number of nitrogens with one attached hydrogen (secondary N) is 1. The van der Waals surface area contributed by atoms with Crippen LogP contribution < -0.4 is 9.46 Å². The molecular weight excluding hydrogens is 453 g/mol. The maximum Gasteiger partial charge on any atom is 0.573 e. The van der Waals surface area contributed by atoms with Gasteiger partial charge in [-0.3, -0.25) is 4.99 Å². The molecule has 0 spiro atoms. The van der Waals surface area contributed by atoms with E-state index < -0.39 is 23.3 Å². The lowest BCUT2D eigenvalue weighted by molar-refractivity contribution is -0.274. The zero-order valence-electron chi connectivity index (χ0n) is 16.3. The van der Waals surface area contributed by atoms with Gasteiger partial charge in [0.05, 0.1) is 17.0 Å². The Bertz CT molecular complexity index is 993. The first-order chi connectivity index (χ1) is 14.6. The number of hydrogen-bond donors (Lipinski definition) is 2. The maximum atomic E-state index is 12.4. The number of aromatic carboxylic acids is 1. The molecule has 2 aromatic carbocycles. The molecule has 2 N–H and O–H groups in total. The third-order valence-corrected chi connectivity index (χ3v) is 5.69. The predicted molar refractivity (Wildman–Crippen MR) is 115 cm³/mol. The molecule has 0 aliphatic rings. The molecule has 6 nitrogen and oxygen atoms in total. The average Bonchev–Trinajstić information content (AvgIpc) is 2.69. The quantitative estimate of drug-likeness (QED) is 0.318. The predicted octanol–water partition coefficient (Wildman–Crippen LogP) is 4.53. The van der Waals surface area contributed by atoms with E-state index in [9.17, 15) is 22.2 Å². The summed E-state index contributed by atoms with van der Waals surface area (Å²) in [5, 5.41) is 11.2. The summed E-state index contributed by atoms with van der Waals surface area (Å²) in [6, 6.07) is 9.79. The molecule has 2 rings (SSSR count). The number of halogens is 3. The summed E-state index contributed by atoms with van der Waals surface area (Å²) in [4.78, 5) is 15.9. The topological polar surface area (TPSA) is 88.0 Å². The molecule has 0 aromatic heterocycles. The molecule has 0 fully saturated rings. The third kappa shape index (κ3) is 7.85. The van der Waals surface area contributed by atoms with Gasteiger partial charge >= 0.3 is 12.3 Å². The highest BCUT2D eigenvalue weighted by Crippen LogP contribution is 2.24. The van der Waals surface area contributed by atoms with Crippen molar-refractivity contribution in [2.24, 2.45) is 4.99 Å². The van der Waals surface area contributed by atoms with Crippen LogP contribution in [0.2, 0.25) is 0 Å². The molecule has 31 heavy (non-hydrogen) atoms. The SMILES string of the molecule is C=CSC(=NCCNS(=O)c1ccc(C)c(C(=O)O)c1)c1ccc(OC(F)(F)F)cc1. The summed E-state index contributed by atoms with van der Waals surface area (Å²) in [5.41, 5.74) is 1.22. The Balaban J connectivity index is 2.00. The number of hydrogen-bond acceptors (Lipinski definition) is 5. The minimum atomic E-state index is -4.77. The molecule has 0 heterocycles. The van der Waals surface area contributed by atoms with Crippen molar-refractivity contribution in [2.45, 2.75) is 18.2 Å². The summed E-state index contributed by atoms with van der Waals surface area (Å²) in [5.74, 6) is -1.44. The second-order valence-electron chi connectivity index (χ2n) is 5.99. The number of aryl methyl sites for hydroxylation is 1. The summed E-state index contributed by atoms with van der Waals surface area (Å²) in [6.07, 6.45) is -4.77. The molecule has 0 saturated carbocycles. The van der Waals surface area contributed by atoms with Crippen LogP contribution in [-0.2, 0) is 11.0 Å². The van der Waals surface area contributed by atoms with Gasteiger partial charge in [0.15, 0.2) is 0 Å². The standard InChI is InChI=1S/C20H19F3N2O4S2/c1-3-30-18(14-5-7-15(8-6-14)29-20(21,22)23)24-10-11-25-31(28)16-9-4-13(2)17(12-16)19(26)27/h3-9,12,25H,1,10-11H2,2H3,(H,26,27). The van der Waals surface area contributed by atoms with Crippen molar-refractivity contribution >= 4 is 33.8 Å². The van der Waals surface area contributed by atoms with Gasteiger partial charge in [0.2, 0.25) is 0 Å². The minimum absolute atomic E-state index is 0.0771. The Morgan fingerprint density at radius 1 is 1.29 bits per heavy atom. The Kier molecular flexibility index (Phi) is 8.84. The van der Waals surface area contributed by atoms with Crippen molar-refractivity contribution in [3.63, 3.8) is 0 Å². The molecule has 1 unspecified atom stereocenters. The fourth-order valence-corrected chi connectivity index (χ4v) is 3.86. The lowest BCUT2D eigenvalue weighted by Crippen LogP contribution is -2.21. The second-order valence-corrected chi connectivity index (χ2v) is 8.24. The maximum absolute atomic E-state index is 12.4. The Morgan fingerprint density at radius 3 is 2.55 bits per heavy atom. The van der Waals surface area contributed by atoms with Crippen molar-refractivity contribution in [1.82, 2.24) is 4.72 Å². The van der Waals surface area contributed by atoms with E-state index in [1.54, 1.807) is 19.1 Å². The van der Waals surface area contributed by atoms with E-state index >= 15 is 0 Å². The highest BCUT2D eigenvalue weighted by Gasteiger charge is 2.31. The van der Waals surface area contributed by atoms with Crippen LogP contribution in [0.1, 0.15) is 21.5 Å². The second kappa shape index (κ2) is 11.1. The number of benzene rings is 2. The Hall–Kier alpha value is -2.63. The lowest BCUT2D eigenvalue weighted by atomic mass is 10.1. The number of alkyl halides is 3. The van der Waals surface area contributed by atoms with Gasteiger partial charge in [0.25, 0.3) is 0 Å². The van der Waals surface area contributed by atoms with Gasteiger partial charge in [0, 0.05) is 12.1 Å². The molecule has 0 saturated heterocycles. The van der Waals surface area contributed by atoms with Crippen LogP contribution in [0.25, 0.3) is 0 Å². The molecule has 0 amide bonds. The molecule has 0 aliphatic heterocycles. The number of carboxylic acid groups (broad SMARTS) is 1. The zero-order chi connectivity index (χ0) is 23.0. The van der Waals surface area contributed by atoms with Gasteiger partial charge in [-0.15, -0.1) is 13.2 Å². The van der Waals surface area contributed by atoms with Crippen LogP contribution in [0.5, 0.6) is 5.75 Å². The molecule has 0 aliphatic carbocycles. The summed E-state index contributed by atoms with van der Waals surface area (Å²) < 4.78 is 55.8. The number of carboxylic acids is 1. The van der Waals surface area contributed by atoms with Gasteiger partial charge in [-0.2, -0.15) is 0 Å². The van der Waals surface area contributed by atoms with Crippen molar-refractivity contribution < 1.29 is 32.0 Å². The van der Waals surface area contributed by atoms with Crippen LogP contribution in [0, 0.1) is 6.92 Å². The first-order valence-corrected chi connectivity index (χ1v) is 10.8.